The molecule has 1 aliphatic rings. The third-order valence-electron chi connectivity index (χ3n) is 3.20. The summed E-state index contributed by atoms with van der Waals surface area (Å²) >= 11 is 1.94. The fourth-order valence-corrected chi connectivity index (χ4v) is 3.55. The van der Waals surface area contributed by atoms with Crippen LogP contribution in [0.25, 0.3) is 0 Å². The lowest BCUT2D eigenvalue weighted by atomic mass is 9.91. The van der Waals surface area contributed by atoms with E-state index in [1.807, 2.05) is 30.0 Å². The molecule has 0 radical (unpaired) electrons. The van der Waals surface area contributed by atoms with Crippen molar-refractivity contribution >= 4 is 11.8 Å². The average Bonchev–Trinajstić information content (AvgIpc) is 2.83. The van der Waals surface area contributed by atoms with Crippen molar-refractivity contribution in [3.05, 3.63) is 35.4 Å². The maximum atomic E-state index is 10.4. The Morgan fingerprint density at radius 3 is 2.94 bits per heavy atom. The van der Waals surface area contributed by atoms with E-state index in [2.05, 4.69) is 6.07 Å². The van der Waals surface area contributed by atoms with Gasteiger partial charge in [0.15, 0.2) is 0 Å². The summed E-state index contributed by atoms with van der Waals surface area (Å²) in [5, 5.41) is 10.4. The number of aliphatic hydroxyl groups excluding tert-OH is 1. The van der Waals surface area contributed by atoms with Crippen LogP contribution in [-0.2, 0) is 6.42 Å². The summed E-state index contributed by atoms with van der Waals surface area (Å²) in [6.45, 7) is 0.642. The Hall–Kier alpha value is -0.510. The van der Waals surface area contributed by atoms with Crippen molar-refractivity contribution in [2.24, 2.45) is 11.7 Å². The molecular formula is C13H19NOS. The molecule has 2 nitrogen and oxygen atoms in total. The molecule has 0 bridgehead atoms. The monoisotopic (exact) mass is 237 g/mol. The Morgan fingerprint density at radius 2 is 2.25 bits per heavy atom. The van der Waals surface area contributed by atoms with Crippen LogP contribution in [0.1, 0.15) is 23.7 Å². The summed E-state index contributed by atoms with van der Waals surface area (Å²) in [5.41, 5.74) is 7.88. The Labute approximate surface area is 101 Å². The number of aliphatic hydroxyl groups is 1. The predicted octanol–water partition coefficient (Wildman–Crippen LogP) is 1.97. The fraction of sp³-hybridized carbons (Fsp3) is 0.538. The molecule has 88 valence electrons. The van der Waals surface area contributed by atoms with Crippen LogP contribution in [0.5, 0.6) is 0 Å². The Balaban J connectivity index is 2.17. The minimum absolute atomic E-state index is 0.308. The first kappa shape index (κ1) is 12.0. The van der Waals surface area contributed by atoms with E-state index in [4.69, 9.17) is 5.73 Å². The number of rotatable bonds is 4. The molecule has 0 aliphatic carbocycles. The Kier molecular flexibility index (Phi) is 4.27. The molecule has 3 heteroatoms. The quantitative estimate of drug-likeness (QED) is 0.841. The molecular weight excluding hydrogens is 218 g/mol. The molecule has 1 fully saturated rings. The zero-order chi connectivity index (χ0) is 11.4. The number of hydrogen-bond acceptors (Lipinski definition) is 3. The molecule has 0 spiro atoms. The van der Waals surface area contributed by atoms with Crippen LogP contribution in [0.2, 0.25) is 0 Å². The van der Waals surface area contributed by atoms with Crippen LogP contribution in [0.3, 0.4) is 0 Å². The molecule has 3 N–H and O–H groups in total. The first-order valence-corrected chi connectivity index (χ1v) is 7.02. The molecule has 16 heavy (non-hydrogen) atoms. The number of benzene rings is 1. The summed E-state index contributed by atoms with van der Waals surface area (Å²) in [4.78, 5) is 0. The van der Waals surface area contributed by atoms with Gasteiger partial charge in [-0.1, -0.05) is 24.3 Å². The van der Waals surface area contributed by atoms with E-state index in [0.29, 0.717) is 12.5 Å². The minimum Gasteiger partial charge on any atom is -0.388 e. The molecule has 1 aromatic carbocycles. The molecule has 0 aromatic heterocycles. The second-order valence-corrected chi connectivity index (χ2v) is 5.46. The zero-order valence-corrected chi connectivity index (χ0v) is 10.2. The van der Waals surface area contributed by atoms with E-state index < -0.39 is 0 Å². The lowest BCUT2D eigenvalue weighted by Crippen LogP contribution is -2.15. The van der Waals surface area contributed by atoms with Gasteiger partial charge in [-0.05, 0) is 47.9 Å². The van der Waals surface area contributed by atoms with Crippen molar-refractivity contribution in [2.75, 3.05) is 18.1 Å². The van der Waals surface area contributed by atoms with Gasteiger partial charge in [0.2, 0.25) is 0 Å². The molecule has 0 saturated carbocycles. The molecule has 1 saturated heterocycles. The van der Waals surface area contributed by atoms with Gasteiger partial charge in [0.1, 0.15) is 0 Å². The van der Waals surface area contributed by atoms with Gasteiger partial charge in [0, 0.05) is 0 Å². The van der Waals surface area contributed by atoms with Gasteiger partial charge in [-0.3, -0.25) is 0 Å². The molecule has 1 aliphatic heterocycles. The first-order chi connectivity index (χ1) is 7.83. The van der Waals surface area contributed by atoms with Gasteiger partial charge < -0.3 is 10.8 Å². The molecule has 1 aromatic rings. The van der Waals surface area contributed by atoms with Gasteiger partial charge in [-0.25, -0.2) is 0 Å². The molecule has 1 heterocycles. The lowest BCUT2D eigenvalue weighted by molar-refractivity contribution is 0.120. The molecule has 2 atom stereocenters. The maximum Gasteiger partial charge on any atom is 0.0829 e. The van der Waals surface area contributed by atoms with E-state index in [-0.39, 0.29) is 6.10 Å². The lowest BCUT2D eigenvalue weighted by Gasteiger charge is -2.20. The smallest absolute Gasteiger partial charge is 0.0829 e. The predicted molar refractivity (Wildman–Crippen MR) is 69.6 cm³/mol. The molecule has 2 unspecified atom stereocenters. The normalized spacial score (nSPS) is 22.2. The highest BCUT2D eigenvalue weighted by atomic mass is 32.2. The van der Waals surface area contributed by atoms with Crippen LogP contribution >= 0.6 is 11.8 Å². The first-order valence-electron chi connectivity index (χ1n) is 5.86. The van der Waals surface area contributed by atoms with Crippen LogP contribution in [0, 0.1) is 5.92 Å². The standard InChI is InChI=1S/C13H19NOS/c14-7-5-10-3-1-2-4-12(10)13(15)11-6-8-16-9-11/h1-4,11,13,15H,5-9,14H2. The van der Waals surface area contributed by atoms with Crippen LogP contribution in [0.4, 0.5) is 0 Å². The second-order valence-electron chi connectivity index (χ2n) is 4.31. The summed E-state index contributed by atoms with van der Waals surface area (Å²) in [6.07, 6.45) is 1.67. The van der Waals surface area contributed by atoms with Gasteiger partial charge >= 0.3 is 0 Å². The van der Waals surface area contributed by atoms with Crippen molar-refractivity contribution in [2.45, 2.75) is 18.9 Å². The molecule has 2 rings (SSSR count). The maximum absolute atomic E-state index is 10.4. The average molecular weight is 237 g/mol. The van der Waals surface area contributed by atoms with E-state index >= 15 is 0 Å². The van der Waals surface area contributed by atoms with Crippen LogP contribution < -0.4 is 5.73 Å². The van der Waals surface area contributed by atoms with E-state index in [1.54, 1.807) is 0 Å². The van der Waals surface area contributed by atoms with E-state index in [9.17, 15) is 5.11 Å². The van der Waals surface area contributed by atoms with Gasteiger partial charge in [-0.2, -0.15) is 11.8 Å². The van der Waals surface area contributed by atoms with Crippen molar-refractivity contribution < 1.29 is 5.11 Å². The largest absolute Gasteiger partial charge is 0.388 e. The Morgan fingerprint density at radius 1 is 1.44 bits per heavy atom. The second kappa shape index (κ2) is 5.71. The third kappa shape index (κ3) is 2.59. The number of nitrogens with two attached hydrogens (primary N) is 1. The topological polar surface area (TPSA) is 46.2 Å². The summed E-state index contributed by atoms with van der Waals surface area (Å²) in [6, 6.07) is 8.14. The van der Waals surface area contributed by atoms with Gasteiger partial charge in [-0.15, -0.1) is 0 Å². The summed E-state index contributed by atoms with van der Waals surface area (Å²) < 4.78 is 0. The number of hydrogen-bond donors (Lipinski definition) is 2. The highest BCUT2D eigenvalue weighted by Crippen LogP contribution is 2.35. The SMILES string of the molecule is NCCc1ccccc1C(O)C1CCSC1. The fourth-order valence-electron chi connectivity index (χ4n) is 2.26. The van der Waals surface area contributed by atoms with Crippen LogP contribution in [-0.4, -0.2) is 23.2 Å². The van der Waals surface area contributed by atoms with E-state index in [0.717, 1.165) is 24.2 Å². The van der Waals surface area contributed by atoms with Crippen molar-refractivity contribution in [3.8, 4) is 0 Å². The van der Waals surface area contributed by atoms with Crippen molar-refractivity contribution in [3.63, 3.8) is 0 Å². The van der Waals surface area contributed by atoms with Crippen molar-refractivity contribution in [1.82, 2.24) is 0 Å². The highest BCUT2D eigenvalue weighted by Gasteiger charge is 2.26. The van der Waals surface area contributed by atoms with Crippen LogP contribution in [0.15, 0.2) is 24.3 Å². The third-order valence-corrected chi connectivity index (χ3v) is 4.39. The summed E-state index contributed by atoms with van der Waals surface area (Å²) in [5.74, 6) is 2.68. The number of thioether (sulfide) groups is 1. The zero-order valence-electron chi connectivity index (χ0n) is 9.43. The molecule has 0 amide bonds. The minimum atomic E-state index is -0.308. The van der Waals surface area contributed by atoms with Crippen molar-refractivity contribution in [1.29, 1.82) is 0 Å². The highest BCUT2D eigenvalue weighted by molar-refractivity contribution is 7.99. The van der Waals surface area contributed by atoms with Gasteiger partial charge in [0.25, 0.3) is 0 Å². The van der Waals surface area contributed by atoms with E-state index in [1.165, 1.54) is 11.3 Å². The van der Waals surface area contributed by atoms with Gasteiger partial charge in [0.05, 0.1) is 6.10 Å². The Bertz CT molecular complexity index is 336. The summed E-state index contributed by atoms with van der Waals surface area (Å²) in [7, 11) is 0.